The Morgan fingerprint density at radius 3 is 1.82 bits per heavy atom. The molecule has 0 saturated carbocycles. The molecule has 0 saturated heterocycles. The Morgan fingerprint density at radius 2 is 1.25 bits per heavy atom. The molecule has 0 aliphatic heterocycles. The van der Waals surface area contributed by atoms with Crippen LogP contribution >= 0.6 is 11.6 Å². The second-order valence-corrected chi connectivity index (χ2v) is 6.49. The summed E-state index contributed by atoms with van der Waals surface area (Å²) in [6.45, 7) is 0. The van der Waals surface area contributed by atoms with E-state index in [1.807, 2.05) is 91.0 Å². The lowest BCUT2D eigenvalue weighted by Gasteiger charge is -2.08. The molecule has 3 aromatic carbocycles. The second kappa shape index (κ2) is 8.46. The van der Waals surface area contributed by atoms with E-state index in [2.05, 4.69) is 20.5 Å². The first-order valence-corrected chi connectivity index (χ1v) is 9.21. The molecule has 0 spiro atoms. The van der Waals surface area contributed by atoms with E-state index in [0.717, 1.165) is 28.1 Å². The van der Waals surface area contributed by atoms with Crippen LogP contribution in [-0.4, -0.2) is 16.2 Å². The van der Waals surface area contributed by atoms with Crippen LogP contribution in [0.5, 0.6) is 0 Å². The molecule has 0 aliphatic rings. The zero-order chi connectivity index (χ0) is 19.2. The Labute approximate surface area is 168 Å². The van der Waals surface area contributed by atoms with Gasteiger partial charge in [-0.25, -0.2) is 15.4 Å². The zero-order valence-corrected chi connectivity index (χ0v) is 15.7. The Balaban J connectivity index is 1.69. The highest BCUT2D eigenvalue weighted by Gasteiger charge is 2.08. The van der Waals surface area contributed by atoms with Crippen molar-refractivity contribution in [3.05, 3.63) is 102 Å². The van der Waals surface area contributed by atoms with Crippen molar-refractivity contribution in [1.29, 1.82) is 0 Å². The molecule has 0 bridgehead atoms. The number of rotatable bonds is 5. The summed E-state index contributed by atoms with van der Waals surface area (Å²) in [5, 5.41) is 4.89. The van der Waals surface area contributed by atoms with E-state index in [1.54, 1.807) is 6.21 Å². The fraction of sp³-hybridized carbons (Fsp3) is 0. The SMILES string of the molecule is Clc1ccccc1C=NNc1nc(-c2ccccc2)cc(-c2ccccc2)n1. The van der Waals surface area contributed by atoms with E-state index < -0.39 is 0 Å². The van der Waals surface area contributed by atoms with Crippen molar-refractivity contribution >= 4 is 23.8 Å². The fourth-order valence-corrected chi connectivity index (χ4v) is 2.93. The molecule has 0 aliphatic carbocycles. The minimum Gasteiger partial charge on any atom is -0.245 e. The van der Waals surface area contributed by atoms with Crippen molar-refractivity contribution in [1.82, 2.24) is 9.97 Å². The molecule has 0 fully saturated rings. The van der Waals surface area contributed by atoms with Gasteiger partial charge in [0.05, 0.1) is 17.6 Å². The number of hydrazone groups is 1. The Hall–Kier alpha value is -3.50. The summed E-state index contributed by atoms with van der Waals surface area (Å²) in [7, 11) is 0. The molecular weight excluding hydrogens is 368 g/mol. The first-order chi connectivity index (χ1) is 13.8. The van der Waals surface area contributed by atoms with Crippen LogP contribution in [0.1, 0.15) is 5.56 Å². The van der Waals surface area contributed by atoms with Gasteiger partial charge in [-0.05, 0) is 12.1 Å². The third-order valence-corrected chi connectivity index (χ3v) is 4.48. The minimum atomic E-state index is 0.420. The average Bonchev–Trinajstić information content (AvgIpc) is 2.76. The average molecular weight is 385 g/mol. The van der Waals surface area contributed by atoms with Crippen LogP contribution in [0.2, 0.25) is 5.02 Å². The van der Waals surface area contributed by atoms with Gasteiger partial charge in [0.25, 0.3) is 0 Å². The van der Waals surface area contributed by atoms with E-state index in [1.165, 1.54) is 0 Å². The van der Waals surface area contributed by atoms with Crippen LogP contribution in [0.25, 0.3) is 22.5 Å². The second-order valence-electron chi connectivity index (χ2n) is 6.09. The van der Waals surface area contributed by atoms with Crippen molar-refractivity contribution < 1.29 is 0 Å². The molecule has 4 aromatic rings. The molecule has 1 N–H and O–H groups in total. The topological polar surface area (TPSA) is 50.2 Å². The quantitative estimate of drug-likeness (QED) is 0.343. The molecule has 5 heteroatoms. The van der Waals surface area contributed by atoms with Crippen LogP contribution in [-0.2, 0) is 0 Å². The van der Waals surface area contributed by atoms with Crippen molar-refractivity contribution in [3.63, 3.8) is 0 Å². The summed E-state index contributed by atoms with van der Waals surface area (Å²) < 4.78 is 0. The molecule has 1 aromatic heterocycles. The van der Waals surface area contributed by atoms with Crippen LogP contribution in [0.15, 0.2) is 96.1 Å². The number of nitrogens with one attached hydrogen (secondary N) is 1. The number of halogens is 1. The summed E-state index contributed by atoms with van der Waals surface area (Å²) >= 11 is 6.17. The highest BCUT2D eigenvalue weighted by Crippen LogP contribution is 2.25. The summed E-state index contributed by atoms with van der Waals surface area (Å²) in [6.07, 6.45) is 1.66. The highest BCUT2D eigenvalue weighted by atomic mass is 35.5. The van der Waals surface area contributed by atoms with E-state index >= 15 is 0 Å². The predicted molar refractivity (Wildman–Crippen MR) is 116 cm³/mol. The Morgan fingerprint density at radius 1 is 0.714 bits per heavy atom. The van der Waals surface area contributed by atoms with Gasteiger partial charge >= 0.3 is 0 Å². The fourth-order valence-electron chi connectivity index (χ4n) is 2.75. The third kappa shape index (κ3) is 4.24. The first-order valence-electron chi connectivity index (χ1n) is 8.83. The normalized spacial score (nSPS) is 10.9. The molecule has 1 heterocycles. The number of nitrogens with zero attached hydrogens (tertiary/aromatic N) is 3. The van der Waals surface area contributed by atoms with Crippen molar-refractivity contribution in [2.24, 2.45) is 5.10 Å². The molecule has 4 rings (SSSR count). The lowest BCUT2D eigenvalue weighted by Crippen LogP contribution is -2.00. The minimum absolute atomic E-state index is 0.420. The molecule has 0 unspecified atom stereocenters. The van der Waals surface area contributed by atoms with Gasteiger partial charge in [0.2, 0.25) is 5.95 Å². The molecular formula is C23H17ClN4. The Kier molecular flexibility index (Phi) is 5.41. The highest BCUT2D eigenvalue weighted by molar-refractivity contribution is 6.33. The predicted octanol–water partition coefficient (Wildman–Crippen LogP) is 5.91. The zero-order valence-electron chi connectivity index (χ0n) is 15.0. The summed E-state index contributed by atoms with van der Waals surface area (Å²) in [6, 6.07) is 29.5. The van der Waals surface area contributed by atoms with Gasteiger partial charge < -0.3 is 0 Å². The van der Waals surface area contributed by atoms with E-state index in [-0.39, 0.29) is 0 Å². The molecule has 0 atom stereocenters. The standard InChI is InChI=1S/C23H17ClN4/c24-20-14-8-7-13-19(20)16-25-28-23-26-21(17-9-3-1-4-10-17)15-22(27-23)18-11-5-2-6-12-18/h1-16H,(H,26,27,28). The summed E-state index contributed by atoms with van der Waals surface area (Å²) in [5.74, 6) is 0.420. The van der Waals surface area contributed by atoms with Gasteiger partial charge in [-0.3, -0.25) is 0 Å². The summed E-state index contributed by atoms with van der Waals surface area (Å²) in [5.41, 5.74) is 7.42. The molecule has 4 nitrogen and oxygen atoms in total. The lowest BCUT2D eigenvalue weighted by atomic mass is 10.1. The van der Waals surface area contributed by atoms with E-state index in [9.17, 15) is 0 Å². The van der Waals surface area contributed by atoms with E-state index in [0.29, 0.717) is 11.0 Å². The Bertz CT molecular complexity index is 1040. The number of anilines is 1. The number of aromatic nitrogens is 2. The van der Waals surface area contributed by atoms with Gasteiger partial charge in [-0.1, -0.05) is 90.5 Å². The number of benzene rings is 3. The molecule has 0 amide bonds. The van der Waals surface area contributed by atoms with Crippen LogP contribution in [0, 0.1) is 0 Å². The molecule has 136 valence electrons. The van der Waals surface area contributed by atoms with Crippen LogP contribution in [0.3, 0.4) is 0 Å². The van der Waals surface area contributed by atoms with Gasteiger partial charge in [0, 0.05) is 21.7 Å². The van der Waals surface area contributed by atoms with E-state index in [4.69, 9.17) is 11.6 Å². The van der Waals surface area contributed by atoms with Crippen LogP contribution < -0.4 is 5.43 Å². The van der Waals surface area contributed by atoms with Gasteiger partial charge in [0.15, 0.2) is 0 Å². The van der Waals surface area contributed by atoms with Gasteiger partial charge in [-0.2, -0.15) is 5.10 Å². The lowest BCUT2D eigenvalue weighted by molar-refractivity contribution is 1.13. The van der Waals surface area contributed by atoms with Gasteiger partial charge in [-0.15, -0.1) is 0 Å². The maximum absolute atomic E-state index is 6.17. The third-order valence-electron chi connectivity index (χ3n) is 4.14. The number of hydrogen-bond acceptors (Lipinski definition) is 4. The molecule has 28 heavy (non-hydrogen) atoms. The van der Waals surface area contributed by atoms with Gasteiger partial charge in [0.1, 0.15) is 0 Å². The molecule has 0 radical (unpaired) electrons. The van der Waals surface area contributed by atoms with Crippen LogP contribution in [0.4, 0.5) is 5.95 Å². The smallest absolute Gasteiger partial charge is 0.244 e. The first kappa shape index (κ1) is 17.9. The van der Waals surface area contributed by atoms with Crippen molar-refractivity contribution in [3.8, 4) is 22.5 Å². The monoisotopic (exact) mass is 384 g/mol. The summed E-state index contributed by atoms with van der Waals surface area (Å²) in [4.78, 5) is 9.23. The number of hydrogen-bond donors (Lipinski definition) is 1. The largest absolute Gasteiger partial charge is 0.245 e. The van der Waals surface area contributed by atoms with Crippen molar-refractivity contribution in [2.45, 2.75) is 0 Å². The van der Waals surface area contributed by atoms with Crippen molar-refractivity contribution in [2.75, 3.05) is 5.43 Å². The maximum atomic E-state index is 6.17. The maximum Gasteiger partial charge on any atom is 0.244 e.